The molecule has 3 aliphatic rings. The Bertz CT molecular complexity index is 1080. The summed E-state index contributed by atoms with van der Waals surface area (Å²) in [6.45, 7) is 3.30. The molecule has 1 aliphatic heterocycles. The number of rotatable bonds is 4. The first-order valence-electron chi connectivity index (χ1n) is 9.95. The number of aromatic carboxylic acids is 1. The van der Waals surface area contributed by atoms with Crippen molar-refractivity contribution in [3.63, 3.8) is 0 Å². The second-order valence-corrected chi connectivity index (χ2v) is 8.73. The van der Waals surface area contributed by atoms with E-state index in [9.17, 15) is 14.7 Å². The van der Waals surface area contributed by atoms with Gasteiger partial charge in [0.05, 0.1) is 17.4 Å². The Balaban J connectivity index is 0.00000205. The van der Waals surface area contributed by atoms with E-state index in [2.05, 4.69) is 4.90 Å². The van der Waals surface area contributed by atoms with Crippen molar-refractivity contribution in [1.82, 2.24) is 4.40 Å². The number of fused-ring (bicyclic) bond motifs is 1. The van der Waals surface area contributed by atoms with Crippen molar-refractivity contribution < 1.29 is 14.3 Å². The quantitative estimate of drug-likeness (QED) is 0.792. The number of carbonyl (C=O) groups is 1. The van der Waals surface area contributed by atoms with Crippen molar-refractivity contribution in [1.29, 1.82) is 0 Å². The molecule has 3 N–H and O–H groups in total. The first-order valence-corrected chi connectivity index (χ1v) is 9.95. The molecule has 0 amide bonds. The maximum atomic E-state index is 15.2. The summed E-state index contributed by atoms with van der Waals surface area (Å²) in [5.41, 5.74) is 8.02. The van der Waals surface area contributed by atoms with E-state index in [1.165, 1.54) is 16.7 Å². The van der Waals surface area contributed by atoms with E-state index >= 15 is 4.39 Å². The molecule has 3 heterocycles. The van der Waals surface area contributed by atoms with Crippen LogP contribution >= 0.6 is 12.4 Å². The Labute approximate surface area is 173 Å². The first kappa shape index (κ1) is 20.2. The molecular formula is C21H25ClFN3O3. The van der Waals surface area contributed by atoms with Gasteiger partial charge in [0, 0.05) is 18.6 Å². The highest BCUT2D eigenvalue weighted by Crippen LogP contribution is 2.46. The van der Waals surface area contributed by atoms with Crippen LogP contribution in [0.15, 0.2) is 17.1 Å². The van der Waals surface area contributed by atoms with Gasteiger partial charge in [0.15, 0.2) is 5.82 Å². The fraction of sp³-hybridized carbons (Fsp3) is 0.524. The molecule has 1 unspecified atom stereocenters. The van der Waals surface area contributed by atoms with Gasteiger partial charge in [-0.05, 0) is 68.1 Å². The third kappa shape index (κ3) is 3.11. The van der Waals surface area contributed by atoms with E-state index in [0.29, 0.717) is 22.7 Å². The predicted molar refractivity (Wildman–Crippen MR) is 111 cm³/mol. The van der Waals surface area contributed by atoms with Gasteiger partial charge in [0.1, 0.15) is 5.56 Å². The number of nitrogens with two attached hydrogens (primary N) is 1. The van der Waals surface area contributed by atoms with E-state index in [-0.39, 0.29) is 29.4 Å². The minimum absolute atomic E-state index is 0. The largest absolute Gasteiger partial charge is 0.477 e. The second-order valence-electron chi connectivity index (χ2n) is 8.73. The van der Waals surface area contributed by atoms with Crippen molar-refractivity contribution in [3.8, 4) is 0 Å². The maximum absolute atomic E-state index is 15.2. The zero-order valence-electron chi connectivity index (χ0n) is 16.3. The molecule has 29 heavy (non-hydrogen) atoms. The van der Waals surface area contributed by atoms with Crippen molar-refractivity contribution in [3.05, 3.63) is 45.1 Å². The smallest absolute Gasteiger partial charge is 0.341 e. The molecular weight excluding hydrogens is 397 g/mol. The van der Waals surface area contributed by atoms with E-state index in [4.69, 9.17) is 5.73 Å². The van der Waals surface area contributed by atoms with Crippen molar-refractivity contribution in [2.24, 2.45) is 11.7 Å². The van der Waals surface area contributed by atoms with Gasteiger partial charge in [-0.15, -0.1) is 12.4 Å². The van der Waals surface area contributed by atoms with Crippen LogP contribution in [0.25, 0.3) is 5.52 Å². The average Bonchev–Trinajstić information content (AvgIpc) is 3.56. The summed E-state index contributed by atoms with van der Waals surface area (Å²) in [6.07, 6.45) is 6.09. The molecule has 8 heteroatoms. The van der Waals surface area contributed by atoms with Crippen LogP contribution < -0.4 is 16.2 Å². The van der Waals surface area contributed by atoms with Crippen LogP contribution in [0.5, 0.6) is 0 Å². The normalized spacial score (nSPS) is 22.6. The van der Waals surface area contributed by atoms with Crippen LogP contribution in [-0.2, 0) is 0 Å². The molecule has 1 atom stereocenters. The number of aryl methyl sites for hydroxylation is 1. The second kappa shape index (κ2) is 6.71. The fourth-order valence-corrected chi connectivity index (χ4v) is 4.87. The molecule has 0 radical (unpaired) electrons. The minimum Gasteiger partial charge on any atom is -0.477 e. The SMILES string of the molecule is Cc1c(N2CCC(C3(N)CC3)C2)c(F)cn2c(=O)c(C(=O)O)cc(C3CC3)c12.Cl. The summed E-state index contributed by atoms with van der Waals surface area (Å²) in [4.78, 5) is 26.2. The summed E-state index contributed by atoms with van der Waals surface area (Å²) < 4.78 is 16.4. The maximum Gasteiger partial charge on any atom is 0.341 e. The number of aromatic nitrogens is 1. The Morgan fingerprint density at radius 1 is 1.31 bits per heavy atom. The Morgan fingerprint density at radius 3 is 2.59 bits per heavy atom. The fourth-order valence-electron chi connectivity index (χ4n) is 4.87. The first-order chi connectivity index (χ1) is 13.3. The topological polar surface area (TPSA) is 88.0 Å². The predicted octanol–water partition coefficient (Wildman–Crippen LogP) is 3.06. The van der Waals surface area contributed by atoms with E-state index < -0.39 is 17.3 Å². The lowest BCUT2D eigenvalue weighted by Crippen LogP contribution is -2.35. The summed E-state index contributed by atoms with van der Waals surface area (Å²) in [6, 6.07) is 1.50. The average molecular weight is 422 g/mol. The van der Waals surface area contributed by atoms with Crippen LogP contribution in [0.2, 0.25) is 0 Å². The standard InChI is InChI=1S/C21H24FN3O3.ClH/c1-11-17-14(12-2-3-12)8-15(20(27)28)19(26)25(17)10-16(22)18(11)24-7-4-13(9-24)21(23)5-6-21;/h8,10,12-13H,2-7,9,23H2,1H3,(H,27,28);1H. The number of nitrogens with zero attached hydrogens (tertiary/aromatic N) is 2. The molecule has 3 fully saturated rings. The van der Waals surface area contributed by atoms with Gasteiger partial charge >= 0.3 is 5.97 Å². The summed E-state index contributed by atoms with van der Waals surface area (Å²) >= 11 is 0. The molecule has 2 aromatic heterocycles. The van der Waals surface area contributed by atoms with Crippen molar-refractivity contribution in [2.45, 2.75) is 50.5 Å². The van der Waals surface area contributed by atoms with Gasteiger partial charge in [-0.2, -0.15) is 0 Å². The molecule has 156 valence electrons. The van der Waals surface area contributed by atoms with Gasteiger partial charge < -0.3 is 15.7 Å². The third-order valence-corrected chi connectivity index (χ3v) is 6.83. The lowest BCUT2D eigenvalue weighted by molar-refractivity contribution is 0.0694. The number of carboxylic acid groups (broad SMARTS) is 1. The summed E-state index contributed by atoms with van der Waals surface area (Å²) in [7, 11) is 0. The Morgan fingerprint density at radius 2 is 2.00 bits per heavy atom. The van der Waals surface area contributed by atoms with E-state index in [1.54, 1.807) is 0 Å². The van der Waals surface area contributed by atoms with Gasteiger partial charge in [-0.1, -0.05) is 0 Å². The van der Waals surface area contributed by atoms with Gasteiger partial charge in [0.25, 0.3) is 5.56 Å². The third-order valence-electron chi connectivity index (χ3n) is 6.83. The van der Waals surface area contributed by atoms with E-state index in [1.807, 2.05) is 6.92 Å². The molecule has 6 nitrogen and oxygen atoms in total. The van der Waals surface area contributed by atoms with Gasteiger partial charge in [-0.3, -0.25) is 9.20 Å². The highest BCUT2D eigenvalue weighted by Gasteiger charge is 2.48. The van der Waals surface area contributed by atoms with E-state index in [0.717, 1.165) is 50.8 Å². The number of pyridine rings is 2. The number of hydrogen-bond acceptors (Lipinski definition) is 4. The van der Waals surface area contributed by atoms with Gasteiger partial charge in [-0.25, -0.2) is 9.18 Å². The minimum atomic E-state index is -1.27. The highest BCUT2D eigenvalue weighted by atomic mass is 35.5. The monoisotopic (exact) mass is 421 g/mol. The number of hydrogen-bond donors (Lipinski definition) is 2. The molecule has 5 rings (SSSR count). The highest BCUT2D eigenvalue weighted by molar-refractivity contribution is 5.89. The molecule has 0 spiro atoms. The zero-order chi connectivity index (χ0) is 19.8. The molecule has 2 aliphatic carbocycles. The number of halogens is 2. The number of anilines is 1. The van der Waals surface area contributed by atoms with Crippen LogP contribution in [0.1, 0.15) is 59.5 Å². The van der Waals surface area contributed by atoms with Gasteiger partial charge in [0.2, 0.25) is 0 Å². The zero-order valence-corrected chi connectivity index (χ0v) is 17.1. The summed E-state index contributed by atoms with van der Waals surface area (Å²) in [5, 5.41) is 9.40. The van der Waals surface area contributed by atoms with Crippen LogP contribution in [-0.4, -0.2) is 34.1 Å². The molecule has 0 bridgehead atoms. The molecule has 2 aromatic rings. The lowest BCUT2D eigenvalue weighted by Gasteiger charge is -2.25. The molecule has 0 aromatic carbocycles. The Hall–Kier alpha value is -2.12. The van der Waals surface area contributed by atoms with Crippen molar-refractivity contribution in [2.75, 3.05) is 18.0 Å². The lowest BCUT2D eigenvalue weighted by atomic mass is 9.97. The van der Waals surface area contributed by atoms with Crippen LogP contribution in [0.4, 0.5) is 10.1 Å². The summed E-state index contributed by atoms with van der Waals surface area (Å²) in [5.74, 6) is -1.17. The molecule has 1 saturated heterocycles. The number of carboxylic acids is 1. The van der Waals surface area contributed by atoms with Crippen LogP contribution in [0.3, 0.4) is 0 Å². The molecule has 2 saturated carbocycles. The van der Waals surface area contributed by atoms with Crippen LogP contribution in [0, 0.1) is 18.7 Å². The Kier molecular flexibility index (Phi) is 4.66. The van der Waals surface area contributed by atoms with Crippen molar-refractivity contribution >= 4 is 29.6 Å².